The number of carbonyl (C=O) groups excluding carboxylic acids is 1. The number of para-hydroxylation sites is 1. The molecule has 1 fully saturated rings. The normalized spacial score (nSPS) is 26.6. The van der Waals surface area contributed by atoms with Gasteiger partial charge in [0, 0.05) is 32.1 Å². The Morgan fingerprint density at radius 2 is 2.28 bits per heavy atom. The highest BCUT2D eigenvalue weighted by Crippen LogP contribution is 2.29. The largest absolute Gasteiger partial charge is 0.480 e. The van der Waals surface area contributed by atoms with Crippen molar-refractivity contribution in [1.82, 2.24) is 10.2 Å². The maximum atomic E-state index is 12.4. The van der Waals surface area contributed by atoms with Crippen molar-refractivity contribution in [2.24, 2.45) is 0 Å². The number of fused-ring (bicyclic) bond motifs is 1. The molecule has 96 valence electrons. The minimum atomic E-state index is -0.326. The van der Waals surface area contributed by atoms with E-state index in [0.29, 0.717) is 12.5 Å². The molecule has 0 radical (unpaired) electrons. The zero-order valence-electron chi connectivity index (χ0n) is 10.6. The van der Waals surface area contributed by atoms with Gasteiger partial charge in [-0.15, -0.1) is 0 Å². The van der Waals surface area contributed by atoms with Crippen molar-refractivity contribution in [3.05, 3.63) is 29.8 Å². The lowest BCUT2D eigenvalue weighted by atomic mass is 10.1. The van der Waals surface area contributed by atoms with Crippen LogP contribution in [0.25, 0.3) is 0 Å². The number of rotatable bonds is 1. The second kappa shape index (κ2) is 4.61. The van der Waals surface area contributed by atoms with Gasteiger partial charge in [-0.2, -0.15) is 0 Å². The van der Waals surface area contributed by atoms with E-state index in [1.807, 2.05) is 29.2 Å². The van der Waals surface area contributed by atoms with Crippen molar-refractivity contribution < 1.29 is 9.53 Å². The number of nitrogens with zero attached hydrogens (tertiary/aromatic N) is 1. The molecular formula is C14H18N2O2. The monoisotopic (exact) mass is 246 g/mol. The summed E-state index contributed by atoms with van der Waals surface area (Å²) in [5.41, 5.74) is 1.14. The highest BCUT2D eigenvalue weighted by Gasteiger charge is 2.33. The van der Waals surface area contributed by atoms with Gasteiger partial charge in [0.25, 0.3) is 5.91 Å². The summed E-state index contributed by atoms with van der Waals surface area (Å²) >= 11 is 0. The van der Waals surface area contributed by atoms with Crippen LogP contribution in [0.15, 0.2) is 24.3 Å². The van der Waals surface area contributed by atoms with Crippen LogP contribution in [0, 0.1) is 0 Å². The minimum Gasteiger partial charge on any atom is -0.480 e. The van der Waals surface area contributed by atoms with Crippen LogP contribution in [0.5, 0.6) is 5.75 Å². The molecule has 1 saturated heterocycles. The molecule has 1 unspecified atom stereocenters. The standard InChI is InChI=1S/C14H18N2O2/c1-10-9-16(7-6-15-10)14(17)13-8-11-4-2-3-5-12(11)18-13/h2-5,10,13,15H,6-9H2,1H3/t10-,13?/m0/s1. The Kier molecular flexibility index (Phi) is 2.96. The third-order valence-corrected chi connectivity index (χ3v) is 3.60. The molecule has 3 rings (SSSR count). The average Bonchev–Trinajstić information content (AvgIpc) is 2.81. The molecule has 0 spiro atoms. The molecule has 2 aliphatic heterocycles. The number of nitrogens with one attached hydrogen (secondary N) is 1. The second-order valence-electron chi connectivity index (χ2n) is 5.06. The van der Waals surface area contributed by atoms with Crippen molar-refractivity contribution >= 4 is 5.91 Å². The summed E-state index contributed by atoms with van der Waals surface area (Å²) < 4.78 is 5.75. The van der Waals surface area contributed by atoms with Crippen LogP contribution in [0.1, 0.15) is 12.5 Å². The van der Waals surface area contributed by atoms with Crippen LogP contribution in [0.2, 0.25) is 0 Å². The quantitative estimate of drug-likeness (QED) is 0.797. The van der Waals surface area contributed by atoms with Gasteiger partial charge in [0.2, 0.25) is 0 Å². The summed E-state index contributed by atoms with van der Waals surface area (Å²) in [4.78, 5) is 14.3. The highest BCUT2D eigenvalue weighted by molar-refractivity contribution is 5.82. The number of benzene rings is 1. The van der Waals surface area contributed by atoms with E-state index >= 15 is 0 Å². The molecule has 4 heteroatoms. The Morgan fingerprint density at radius 1 is 1.44 bits per heavy atom. The number of carbonyl (C=O) groups is 1. The van der Waals surface area contributed by atoms with E-state index in [9.17, 15) is 4.79 Å². The van der Waals surface area contributed by atoms with Gasteiger partial charge in [-0.25, -0.2) is 0 Å². The molecule has 1 aromatic rings. The SMILES string of the molecule is C[C@H]1CN(C(=O)C2Cc3ccccc3O2)CCN1. The topological polar surface area (TPSA) is 41.6 Å². The first kappa shape index (κ1) is 11.5. The molecule has 1 amide bonds. The molecule has 1 N–H and O–H groups in total. The summed E-state index contributed by atoms with van der Waals surface area (Å²) in [6, 6.07) is 8.26. The molecule has 0 aliphatic carbocycles. The lowest BCUT2D eigenvalue weighted by molar-refractivity contribution is -0.139. The number of hydrogen-bond donors (Lipinski definition) is 1. The smallest absolute Gasteiger partial charge is 0.264 e. The first-order chi connectivity index (χ1) is 8.74. The van der Waals surface area contributed by atoms with Crippen LogP contribution in [-0.2, 0) is 11.2 Å². The van der Waals surface area contributed by atoms with Gasteiger partial charge in [0.05, 0.1) is 0 Å². The van der Waals surface area contributed by atoms with E-state index in [4.69, 9.17) is 4.74 Å². The van der Waals surface area contributed by atoms with E-state index in [1.165, 1.54) is 0 Å². The first-order valence-corrected chi connectivity index (χ1v) is 6.51. The van der Waals surface area contributed by atoms with Crippen molar-refractivity contribution in [3.8, 4) is 5.75 Å². The van der Waals surface area contributed by atoms with Gasteiger partial charge in [0.15, 0.2) is 6.10 Å². The third kappa shape index (κ3) is 2.08. The number of amides is 1. The lowest BCUT2D eigenvalue weighted by Gasteiger charge is -2.33. The predicted octanol–water partition coefficient (Wildman–Crippen LogP) is 0.810. The maximum Gasteiger partial charge on any atom is 0.264 e. The van der Waals surface area contributed by atoms with Crippen molar-refractivity contribution in [3.63, 3.8) is 0 Å². The molecule has 2 aliphatic rings. The fraction of sp³-hybridized carbons (Fsp3) is 0.500. The van der Waals surface area contributed by atoms with Crippen LogP contribution in [0.4, 0.5) is 0 Å². The van der Waals surface area contributed by atoms with Crippen LogP contribution in [-0.4, -0.2) is 42.6 Å². The summed E-state index contributed by atoms with van der Waals surface area (Å²) in [6.07, 6.45) is 0.375. The Hall–Kier alpha value is -1.55. The van der Waals surface area contributed by atoms with E-state index in [2.05, 4.69) is 12.2 Å². The molecule has 0 aromatic heterocycles. The van der Waals surface area contributed by atoms with E-state index in [0.717, 1.165) is 30.9 Å². The predicted molar refractivity (Wildman–Crippen MR) is 68.6 cm³/mol. The molecule has 0 bridgehead atoms. The fourth-order valence-electron chi connectivity index (χ4n) is 2.66. The van der Waals surface area contributed by atoms with Gasteiger partial charge < -0.3 is 15.0 Å². The van der Waals surface area contributed by atoms with Crippen LogP contribution < -0.4 is 10.1 Å². The van der Waals surface area contributed by atoms with E-state index in [1.54, 1.807) is 0 Å². The summed E-state index contributed by atoms with van der Waals surface area (Å²) in [7, 11) is 0. The van der Waals surface area contributed by atoms with E-state index < -0.39 is 0 Å². The molecule has 2 heterocycles. The third-order valence-electron chi connectivity index (χ3n) is 3.60. The van der Waals surface area contributed by atoms with Gasteiger partial charge in [0.1, 0.15) is 5.75 Å². The zero-order chi connectivity index (χ0) is 12.5. The van der Waals surface area contributed by atoms with E-state index in [-0.39, 0.29) is 12.0 Å². The van der Waals surface area contributed by atoms with Gasteiger partial charge in [-0.05, 0) is 18.6 Å². The molecule has 18 heavy (non-hydrogen) atoms. The van der Waals surface area contributed by atoms with Gasteiger partial charge >= 0.3 is 0 Å². The zero-order valence-corrected chi connectivity index (χ0v) is 10.6. The Bertz CT molecular complexity index is 436. The summed E-state index contributed by atoms with van der Waals surface area (Å²) in [6.45, 7) is 4.52. The minimum absolute atomic E-state index is 0.125. The van der Waals surface area contributed by atoms with Crippen molar-refractivity contribution in [2.75, 3.05) is 19.6 Å². The van der Waals surface area contributed by atoms with Gasteiger partial charge in [-0.1, -0.05) is 18.2 Å². The summed E-state index contributed by atoms with van der Waals surface area (Å²) in [5, 5.41) is 3.34. The molecule has 4 nitrogen and oxygen atoms in total. The van der Waals surface area contributed by atoms with Crippen LogP contribution in [0.3, 0.4) is 0 Å². The maximum absolute atomic E-state index is 12.4. The average molecular weight is 246 g/mol. The van der Waals surface area contributed by atoms with Crippen LogP contribution >= 0.6 is 0 Å². The Balaban J connectivity index is 1.68. The molecule has 2 atom stereocenters. The van der Waals surface area contributed by atoms with Gasteiger partial charge in [-0.3, -0.25) is 4.79 Å². The van der Waals surface area contributed by atoms with Crippen molar-refractivity contribution in [2.45, 2.75) is 25.5 Å². The number of hydrogen-bond acceptors (Lipinski definition) is 3. The molecule has 1 aromatic carbocycles. The molecular weight excluding hydrogens is 228 g/mol. The number of ether oxygens (including phenoxy) is 1. The fourth-order valence-corrected chi connectivity index (χ4v) is 2.66. The van der Waals surface area contributed by atoms with Crippen molar-refractivity contribution in [1.29, 1.82) is 0 Å². The lowest BCUT2D eigenvalue weighted by Crippen LogP contribution is -2.54. The number of piperazine rings is 1. The Morgan fingerprint density at radius 3 is 3.06 bits per heavy atom. The Labute approximate surface area is 107 Å². The summed E-state index contributed by atoms with van der Waals surface area (Å²) in [5.74, 6) is 0.985. The second-order valence-corrected chi connectivity index (χ2v) is 5.06. The highest BCUT2D eigenvalue weighted by atomic mass is 16.5. The molecule has 0 saturated carbocycles. The first-order valence-electron chi connectivity index (χ1n) is 6.51.